The first-order valence-electron chi connectivity index (χ1n) is 14.0. The van der Waals surface area contributed by atoms with E-state index in [1.807, 2.05) is 23.6 Å². The first-order valence-corrected chi connectivity index (χ1v) is 14.0. The fourth-order valence-electron chi connectivity index (χ4n) is 5.37. The third kappa shape index (κ3) is 5.89. The number of carbonyl (C=O) groups is 1. The van der Waals surface area contributed by atoms with Crippen molar-refractivity contribution in [1.29, 1.82) is 0 Å². The Kier molecular flexibility index (Phi) is 7.13. The fraction of sp³-hybridized carbons (Fsp3) is 0.433. The lowest BCUT2D eigenvalue weighted by atomic mass is 9.80. The van der Waals surface area contributed by atoms with Crippen LogP contribution in [-0.2, 0) is 19.1 Å². The summed E-state index contributed by atoms with van der Waals surface area (Å²) in [4.78, 5) is 29.9. The van der Waals surface area contributed by atoms with Crippen molar-refractivity contribution in [2.75, 3.05) is 5.32 Å². The number of pyridine rings is 1. The molecule has 4 aromatic rings. The average Bonchev–Trinajstić information content (AvgIpc) is 3.66. The van der Waals surface area contributed by atoms with E-state index in [1.54, 1.807) is 6.20 Å². The topological polar surface area (TPSA) is 106 Å². The second-order valence-electron chi connectivity index (χ2n) is 11.2. The number of nitrogens with zero attached hydrogens (tertiary/aromatic N) is 5. The van der Waals surface area contributed by atoms with E-state index in [4.69, 9.17) is 4.98 Å². The van der Waals surface area contributed by atoms with Crippen LogP contribution in [0.25, 0.3) is 22.7 Å². The summed E-state index contributed by atoms with van der Waals surface area (Å²) in [5, 5.41) is 13.2. The van der Waals surface area contributed by atoms with Crippen LogP contribution >= 0.6 is 0 Å². The van der Waals surface area contributed by atoms with Gasteiger partial charge in [-0.05, 0) is 79.8 Å². The molecule has 1 atom stereocenters. The zero-order chi connectivity index (χ0) is 28.7. The van der Waals surface area contributed by atoms with E-state index in [-0.39, 0.29) is 24.1 Å². The van der Waals surface area contributed by atoms with Gasteiger partial charge in [-0.1, -0.05) is 31.4 Å². The van der Waals surface area contributed by atoms with Crippen LogP contribution in [0.2, 0.25) is 0 Å². The number of carboxylic acids is 1. The van der Waals surface area contributed by atoms with E-state index >= 15 is 0 Å². The van der Waals surface area contributed by atoms with Crippen molar-refractivity contribution in [1.82, 2.24) is 24.5 Å². The molecule has 2 N–H and O–H groups in total. The second-order valence-corrected chi connectivity index (χ2v) is 11.2. The molecule has 2 saturated carbocycles. The standard InChI is InChI=1S/C30H31F3N6O2/c1-17(21-3-2-4-21)35-25-24-26(37-27(36-25)29(40)41)38-28(23-15-19(13-14-34-23)8-7-18-5-6-18)39(24)16-20-9-11-22(12-10-20)30(31,32)33/h9-15,17-18,21H,2-8,16H2,1H3,(H,40,41)(H,35,36,37)/t17-/m1/s1. The van der Waals surface area contributed by atoms with Crippen molar-refractivity contribution >= 4 is 23.0 Å². The molecule has 0 bridgehead atoms. The Balaban J connectivity index is 1.47. The third-order valence-corrected chi connectivity index (χ3v) is 8.23. The maximum absolute atomic E-state index is 13.2. The van der Waals surface area contributed by atoms with E-state index in [9.17, 15) is 23.1 Å². The van der Waals surface area contributed by atoms with Crippen molar-refractivity contribution in [2.24, 2.45) is 11.8 Å². The summed E-state index contributed by atoms with van der Waals surface area (Å²) >= 11 is 0. The van der Waals surface area contributed by atoms with E-state index in [0.29, 0.717) is 34.3 Å². The number of imidazole rings is 1. The highest BCUT2D eigenvalue weighted by Gasteiger charge is 2.31. The molecule has 0 saturated heterocycles. The maximum atomic E-state index is 13.2. The Morgan fingerprint density at radius 1 is 1.07 bits per heavy atom. The van der Waals surface area contributed by atoms with E-state index < -0.39 is 17.7 Å². The van der Waals surface area contributed by atoms with Gasteiger partial charge in [0.05, 0.1) is 5.56 Å². The number of fused-ring (bicyclic) bond motifs is 1. The number of anilines is 1. The van der Waals surface area contributed by atoms with Crippen LogP contribution in [0.4, 0.5) is 19.0 Å². The number of nitrogens with one attached hydrogen (secondary N) is 1. The molecule has 0 radical (unpaired) electrons. The van der Waals surface area contributed by atoms with E-state index in [0.717, 1.165) is 55.7 Å². The van der Waals surface area contributed by atoms with Gasteiger partial charge in [-0.25, -0.2) is 19.7 Å². The van der Waals surface area contributed by atoms with Crippen molar-refractivity contribution in [3.05, 3.63) is 65.1 Å². The summed E-state index contributed by atoms with van der Waals surface area (Å²) in [5.74, 6) is 0.338. The monoisotopic (exact) mass is 564 g/mol. The van der Waals surface area contributed by atoms with Crippen LogP contribution in [0.3, 0.4) is 0 Å². The zero-order valence-electron chi connectivity index (χ0n) is 22.7. The van der Waals surface area contributed by atoms with Crippen LogP contribution in [-0.4, -0.2) is 41.6 Å². The number of halogens is 3. The van der Waals surface area contributed by atoms with Crippen molar-refractivity contribution in [3.63, 3.8) is 0 Å². The van der Waals surface area contributed by atoms with E-state index in [2.05, 4.69) is 20.3 Å². The summed E-state index contributed by atoms with van der Waals surface area (Å²) in [6.07, 6.45) is 5.12. The number of aromatic nitrogens is 5. The zero-order valence-corrected chi connectivity index (χ0v) is 22.7. The number of carboxylic acid groups (broad SMARTS) is 1. The van der Waals surface area contributed by atoms with Gasteiger partial charge in [0.25, 0.3) is 0 Å². The molecule has 0 amide bonds. The minimum atomic E-state index is -4.44. The van der Waals surface area contributed by atoms with Gasteiger partial charge in [0.15, 0.2) is 17.3 Å². The van der Waals surface area contributed by atoms with Gasteiger partial charge in [0, 0.05) is 18.8 Å². The first kappa shape index (κ1) is 27.2. The Hall–Kier alpha value is -4.02. The Labute approximate surface area is 235 Å². The van der Waals surface area contributed by atoms with Crippen molar-refractivity contribution in [2.45, 2.75) is 70.6 Å². The molecule has 3 aromatic heterocycles. The average molecular weight is 565 g/mol. The highest BCUT2D eigenvalue weighted by molar-refractivity contribution is 5.92. The molecule has 3 heterocycles. The number of alkyl halides is 3. The molecule has 1 aromatic carbocycles. The number of aromatic carboxylic acids is 1. The van der Waals surface area contributed by atoms with Crippen LogP contribution in [0.1, 0.15) is 72.8 Å². The highest BCUT2D eigenvalue weighted by atomic mass is 19.4. The minimum Gasteiger partial charge on any atom is -0.475 e. The van der Waals surface area contributed by atoms with Gasteiger partial charge in [-0.2, -0.15) is 13.2 Å². The van der Waals surface area contributed by atoms with Gasteiger partial charge in [-0.3, -0.25) is 4.98 Å². The van der Waals surface area contributed by atoms with Gasteiger partial charge in [-0.15, -0.1) is 0 Å². The van der Waals surface area contributed by atoms with Gasteiger partial charge in [0.1, 0.15) is 11.2 Å². The molecule has 0 aliphatic heterocycles. The summed E-state index contributed by atoms with van der Waals surface area (Å²) in [6.45, 7) is 2.21. The van der Waals surface area contributed by atoms with Crippen LogP contribution < -0.4 is 5.32 Å². The number of benzene rings is 1. The SMILES string of the molecule is C[C@@H](Nc1nc(C(=O)O)nc2nc(-c3cc(CCC4CC4)ccn3)n(Cc3ccc(C(F)(F)F)cc3)c12)C1CCC1. The van der Waals surface area contributed by atoms with Gasteiger partial charge < -0.3 is 15.0 Å². The molecule has 8 nitrogen and oxygen atoms in total. The molecule has 214 valence electrons. The largest absolute Gasteiger partial charge is 0.475 e. The lowest BCUT2D eigenvalue weighted by molar-refractivity contribution is -0.137. The molecule has 2 aliphatic rings. The summed E-state index contributed by atoms with van der Waals surface area (Å²) in [7, 11) is 0. The molecule has 11 heteroatoms. The van der Waals surface area contributed by atoms with Crippen LogP contribution in [0.5, 0.6) is 0 Å². The molecular formula is C30H31F3N6O2. The van der Waals surface area contributed by atoms with Crippen molar-refractivity contribution in [3.8, 4) is 11.5 Å². The summed E-state index contributed by atoms with van der Waals surface area (Å²) < 4.78 is 41.5. The lowest BCUT2D eigenvalue weighted by Crippen LogP contribution is -2.31. The molecule has 2 fully saturated rings. The Morgan fingerprint density at radius 2 is 1.83 bits per heavy atom. The summed E-state index contributed by atoms with van der Waals surface area (Å²) in [6, 6.07) is 8.98. The molecule has 6 rings (SSSR count). The smallest absolute Gasteiger partial charge is 0.416 e. The molecule has 0 unspecified atom stereocenters. The second kappa shape index (κ2) is 10.8. The normalized spacial score (nSPS) is 16.5. The van der Waals surface area contributed by atoms with Crippen LogP contribution in [0, 0.1) is 11.8 Å². The number of hydrogen-bond donors (Lipinski definition) is 2. The van der Waals surface area contributed by atoms with Crippen molar-refractivity contribution < 1.29 is 23.1 Å². The van der Waals surface area contributed by atoms with E-state index in [1.165, 1.54) is 25.0 Å². The fourth-order valence-corrected chi connectivity index (χ4v) is 5.37. The first-order chi connectivity index (χ1) is 19.7. The predicted molar refractivity (Wildman–Crippen MR) is 148 cm³/mol. The number of rotatable bonds is 10. The number of aryl methyl sites for hydroxylation is 1. The quantitative estimate of drug-likeness (QED) is 0.224. The molecular weight excluding hydrogens is 533 g/mol. The number of hydrogen-bond acceptors (Lipinski definition) is 6. The summed E-state index contributed by atoms with van der Waals surface area (Å²) in [5.41, 5.74) is 2.26. The van der Waals surface area contributed by atoms with Gasteiger partial charge >= 0.3 is 12.1 Å². The van der Waals surface area contributed by atoms with Gasteiger partial charge in [0.2, 0.25) is 5.82 Å². The molecule has 0 spiro atoms. The minimum absolute atomic E-state index is 0.0326. The predicted octanol–water partition coefficient (Wildman–Crippen LogP) is 6.60. The molecule has 41 heavy (non-hydrogen) atoms. The Morgan fingerprint density at radius 3 is 2.46 bits per heavy atom. The molecule has 2 aliphatic carbocycles. The third-order valence-electron chi connectivity index (χ3n) is 8.23. The highest BCUT2D eigenvalue weighted by Crippen LogP contribution is 2.36. The Bertz CT molecular complexity index is 1580. The van der Waals surface area contributed by atoms with Crippen LogP contribution in [0.15, 0.2) is 42.6 Å². The maximum Gasteiger partial charge on any atom is 0.416 e. The lowest BCUT2D eigenvalue weighted by Gasteiger charge is -2.32.